The van der Waals surface area contributed by atoms with Gasteiger partial charge in [-0.2, -0.15) is 0 Å². The predicted molar refractivity (Wildman–Crippen MR) is 79.8 cm³/mol. The van der Waals surface area contributed by atoms with Crippen LogP contribution in [0.4, 0.5) is 0 Å². The van der Waals surface area contributed by atoms with Crippen molar-refractivity contribution < 1.29 is 9.47 Å². The average Bonchev–Trinajstić information content (AvgIpc) is 3.07. The quantitative estimate of drug-likeness (QED) is 0.856. The van der Waals surface area contributed by atoms with Crippen LogP contribution in [0.15, 0.2) is 0 Å². The molecule has 1 saturated carbocycles. The minimum absolute atomic E-state index is 0.266. The number of hydrogen-bond acceptors (Lipinski definition) is 4. The summed E-state index contributed by atoms with van der Waals surface area (Å²) in [7, 11) is 0. The van der Waals surface area contributed by atoms with Gasteiger partial charge in [0.15, 0.2) is 5.79 Å². The molecular formula is C16H30N2O2. The SMILES string of the molecule is CCCNC1CCC2(CC1N1CCCC1C)OCCO2. The number of ether oxygens (including phenoxy) is 2. The van der Waals surface area contributed by atoms with Gasteiger partial charge in [-0.1, -0.05) is 6.92 Å². The first-order valence-electron chi connectivity index (χ1n) is 8.51. The van der Waals surface area contributed by atoms with Crippen molar-refractivity contribution in [1.29, 1.82) is 0 Å². The average molecular weight is 282 g/mol. The van der Waals surface area contributed by atoms with Gasteiger partial charge in [0.25, 0.3) is 0 Å². The highest BCUT2D eigenvalue weighted by Gasteiger charge is 2.47. The molecule has 3 rings (SSSR count). The zero-order valence-electron chi connectivity index (χ0n) is 13.1. The maximum Gasteiger partial charge on any atom is 0.170 e. The molecule has 2 aliphatic heterocycles. The number of rotatable bonds is 4. The molecule has 0 amide bonds. The lowest BCUT2D eigenvalue weighted by Gasteiger charge is -2.46. The number of hydrogen-bond donors (Lipinski definition) is 1. The lowest BCUT2D eigenvalue weighted by atomic mass is 9.84. The molecule has 116 valence electrons. The lowest BCUT2D eigenvalue weighted by Crippen LogP contribution is -2.58. The molecular weight excluding hydrogens is 252 g/mol. The molecule has 4 heteroatoms. The van der Waals surface area contributed by atoms with Crippen LogP contribution in [0.25, 0.3) is 0 Å². The van der Waals surface area contributed by atoms with Gasteiger partial charge in [0.1, 0.15) is 0 Å². The summed E-state index contributed by atoms with van der Waals surface area (Å²) in [5.74, 6) is -0.266. The van der Waals surface area contributed by atoms with Crippen molar-refractivity contribution in [3.8, 4) is 0 Å². The zero-order chi connectivity index (χ0) is 14.0. The van der Waals surface area contributed by atoms with Gasteiger partial charge in [-0.15, -0.1) is 0 Å². The summed E-state index contributed by atoms with van der Waals surface area (Å²) in [6.07, 6.45) is 7.15. The van der Waals surface area contributed by atoms with E-state index in [1.807, 2.05) is 0 Å². The van der Waals surface area contributed by atoms with Crippen molar-refractivity contribution in [3.63, 3.8) is 0 Å². The van der Waals surface area contributed by atoms with Crippen molar-refractivity contribution in [1.82, 2.24) is 10.2 Å². The summed E-state index contributed by atoms with van der Waals surface area (Å²) in [4.78, 5) is 2.71. The van der Waals surface area contributed by atoms with E-state index in [2.05, 4.69) is 24.1 Å². The summed E-state index contributed by atoms with van der Waals surface area (Å²) in [6, 6.07) is 1.89. The maximum absolute atomic E-state index is 5.98. The van der Waals surface area contributed by atoms with Crippen LogP contribution < -0.4 is 5.32 Å². The molecule has 0 aromatic heterocycles. The van der Waals surface area contributed by atoms with Gasteiger partial charge >= 0.3 is 0 Å². The van der Waals surface area contributed by atoms with Crippen molar-refractivity contribution in [3.05, 3.63) is 0 Å². The standard InChI is InChI=1S/C16H30N2O2/c1-3-8-17-14-6-7-16(19-10-11-20-16)12-15(14)18-9-4-5-13(18)2/h13-15,17H,3-12H2,1-2H3. The van der Waals surface area contributed by atoms with Gasteiger partial charge in [-0.25, -0.2) is 0 Å². The van der Waals surface area contributed by atoms with Crippen LogP contribution in [-0.4, -0.2) is 55.1 Å². The second kappa shape index (κ2) is 6.30. The van der Waals surface area contributed by atoms with Crippen LogP contribution >= 0.6 is 0 Å². The molecule has 0 radical (unpaired) electrons. The van der Waals surface area contributed by atoms with E-state index in [1.165, 1.54) is 32.2 Å². The Balaban J connectivity index is 1.71. The number of likely N-dealkylation sites (tertiary alicyclic amines) is 1. The van der Waals surface area contributed by atoms with E-state index in [0.717, 1.165) is 32.6 Å². The van der Waals surface area contributed by atoms with E-state index in [0.29, 0.717) is 18.1 Å². The molecule has 1 aliphatic carbocycles. The fraction of sp³-hybridized carbons (Fsp3) is 1.00. The third-order valence-electron chi connectivity index (χ3n) is 5.32. The first kappa shape index (κ1) is 14.8. The molecule has 1 N–H and O–H groups in total. The summed E-state index contributed by atoms with van der Waals surface area (Å²) >= 11 is 0. The molecule has 0 bridgehead atoms. The fourth-order valence-corrected chi connectivity index (χ4v) is 4.25. The Kier molecular flexibility index (Phi) is 4.65. The van der Waals surface area contributed by atoms with Crippen molar-refractivity contribution in [2.24, 2.45) is 0 Å². The van der Waals surface area contributed by atoms with Gasteiger partial charge in [0, 0.05) is 31.0 Å². The van der Waals surface area contributed by atoms with E-state index in [1.54, 1.807) is 0 Å². The van der Waals surface area contributed by atoms with Crippen molar-refractivity contribution >= 4 is 0 Å². The predicted octanol–water partition coefficient (Wildman–Crippen LogP) is 2.13. The Morgan fingerprint density at radius 3 is 2.70 bits per heavy atom. The molecule has 3 aliphatic rings. The minimum atomic E-state index is -0.266. The van der Waals surface area contributed by atoms with Crippen LogP contribution in [0.5, 0.6) is 0 Å². The Bertz CT molecular complexity index is 318. The molecule has 2 saturated heterocycles. The van der Waals surface area contributed by atoms with Gasteiger partial charge in [-0.3, -0.25) is 4.90 Å². The Morgan fingerprint density at radius 2 is 2.05 bits per heavy atom. The monoisotopic (exact) mass is 282 g/mol. The number of nitrogens with one attached hydrogen (secondary N) is 1. The molecule has 3 fully saturated rings. The molecule has 0 aromatic rings. The lowest BCUT2D eigenvalue weighted by molar-refractivity contribution is -0.194. The second-order valence-electron chi connectivity index (χ2n) is 6.71. The molecule has 0 aromatic carbocycles. The van der Waals surface area contributed by atoms with Crippen LogP contribution in [-0.2, 0) is 9.47 Å². The summed E-state index contributed by atoms with van der Waals surface area (Å²) in [6.45, 7) is 8.53. The molecule has 3 unspecified atom stereocenters. The Morgan fingerprint density at radius 1 is 1.25 bits per heavy atom. The third kappa shape index (κ3) is 2.89. The normalized spacial score (nSPS) is 37.8. The largest absolute Gasteiger partial charge is 0.347 e. The van der Waals surface area contributed by atoms with E-state index in [9.17, 15) is 0 Å². The molecule has 4 nitrogen and oxygen atoms in total. The second-order valence-corrected chi connectivity index (χ2v) is 6.71. The highest BCUT2D eigenvalue weighted by atomic mass is 16.7. The fourth-order valence-electron chi connectivity index (χ4n) is 4.25. The Hall–Kier alpha value is -0.160. The summed E-state index contributed by atoms with van der Waals surface area (Å²) in [5.41, 5.74) is 0. The highest BCUT2D eigenvalue weighted by Crippen LogP contribution is 2.39. The molecule has 20 heavy (non-hydrogen) atoms. The van der Waals surface area contributed by atoms with E-state index < -0.39 is 0 Å². The zero-order valence-corrected chi connectivity index (χ0v) is 13.1. The van der Waals surface area contributed by atoms with E-state index in [4.69, 9.17) is 9.47 Å². The van der Waals surface area contributed by atoms with Gasteiger partial charge < -0.3 is 14.8 Å². The highest BCUT2D eigenvalue weighted by molar-refractivity contribution is 4.98. The summed E-state index contributed by atoms with van der Waals surface area (Å²) < 4.78 is 12.0. The molecule has 1 spiro atoms. The number of nitrogens with zero attached hydrogens (tertiary/aromatic N) is 1. The van der Waals surface area contributed by atoms with Crippen LogP contribution in [0.1, 0.15) is 52.4 Å². The van der Waals surface area contributed by atoms with Gasteiger partial charge in [0.05, 0.1) is 13.2 Å². The third-order valence-corrected chi connectivity index (χ3v) is 5.32. The van der Waals surface area contributed by atoms with Gasteiger partial charge in [0.2, 0.25) is 0 Å². The first-order chi connectivity index (χ1) is 9.74. The van der Waals surface area contributed by atoms with E-state index >= 15 is 0 Å². The van der Waals surface area contributed by atoms with Crippen molar-refractivity contribution in [2.75, 3.05) is 26.3 Å². The van der Waals surface area contributed by atoms with Crippen LogP contribution in [0.3, 0.4) is 0 Å². The maximum atomic E-state index is 5.98. The first-order valence-corrected chi connectivity index (χ1v) is 8.51. The summed E-state index contributed by atoms with van der Waals surface area (Å²) in [5, 5.41) is 3.77. The van der Waals surface area contributed by atoms with Gasteiger partial charge in [-0.05, 0) is 45.7 Å². The molecule has 2 heterocycles. The van der Waals surface area contributed by atoms with Crippen LogP contribution in [0.2, 0.25) is 0 Å². The minimum Gasteiger partial charge on any atom is -0.347 e. The molecule has 3 atom stereocenters. The smallest absolute Gasteiger partial charge is 0.170 e. The van der Waals surface area contributed by atoms with E-state index in [-0.39, 0.29) is 5.79 Å². The van der Waals surface area contributed by atoms with Crippen LogP contribution in [0, 0.1) is 0 Å². The Labute approximate surface area is 123 Å². The van der Waals surface area contributed by atoms with Crippen molar-refractivity contribution in [2.45, 2.75) is 76.3 Å². The topological polar surface area (TPSA) is 33.7 Å².